The van der Waals surface area contributed by atoms with E-state index in [-0.39, 0.29) is 0 Å². The summed E-state index contributed by atoms with van der Waals surface area (Å²) >= 11 is 0. The molecule has 0 aliphatic carbocycles. The summed E-state index contributed by atoms with van der Waals surface area (Å²) in [6.07, 6.45) is 5.44. The van der Waals surface area contributed by atoms with Crippen molar-refractivity contribution in [2.24, 2.45) is 11.3 Å². The third-order valence-electron chi connectivity index (χ3n) is 4.80. The van der Waals surface area contributed by atoms with Crippen molar-refractivity contribution >= 4 is 0 Å². The lowest BCUT2D eigenvalue weighted by atomic mass is 9.76. The van der Waals surface area contributed by atoms with Gasteiger partial charge in [0.1, 0.15) is 0 Å². The van der Waals surface area contributed by atoms with Crippen LogP contribution in [0.5, 0.6) is 0 Å². The molecule has 0 aromatic rings. The third kappa shape index (κ3) is 3.67. The van der Waals surface area contributed by atoms with Crippen molar-refractivity contribution < 1.29 is 0 Å². The van der Waals surface area contributed by atoms with E-state index in [1.54, 1.807) is 0 Å². The van der Waals surface area contributed by atoms with Gasteiger partial charge in [-0.25, -0.2) is 0 Å². The van der Waals surface area contributed by atoms with Gasteiger partial charge in [-0.3, -0.25) is 0 Å². The normalized spacial score (nSPS) is 24.9. The first-order chi connectivity index (χ1) is 8.24. The van der Waals surface area contributed by atoms with Gasteiger partial charge in [0.2, 0.25) is 0 Å². The molecular formula is C14H29N3. The maximum atomic E-state index is 3.44. The number of piperidine rings is 1. The van der Waals surface area contributed by atoms with Crippen LogP contribution in [0.1, 0.15) is 32.6 Å². The smallest absolute Gasteiger partial charge is 0.00206 e. The SMILES string of the molecule is CCC1(CCN(C)CC2CCNCC2)CNC1. The van der Waals surface area contributed by atoms with Gasteiger partial charge in [0, 0.05) is 19.6 Å². The monoisotopic (exact) mass is 239 g/mol. The van der Waals surface area contributed by atoms with Crippen molar-refractivity contribution in [3.05, 3.63) is 0 Å². The van der Waals surface area contributed by atoms with E-state index in [9.17, 15) is 0 Å². The fourth-order valence-electron chi connectivity index (χ4n) is 3.11. The van der Waals surface area contributed by atoms with Crippen LogP contribution in [0.2, 0.25) is 0 Å². The maximum absolute atomic E-state index is 3.44. The predicted molar refractivity (Wildman–Crippen MR) is 73.3 cm³/mol. The van der Waals surface area contributed by atoms with E-state index in [2.05, 4.69) is 29.5 Å². The van der Waals surface area contributed by atoms with E-state index >= 15 is 0 Å². The lowest BCUT2D eigenvalue weighted by Crippen LogP contribution is -2.54. The molecule has 0 aromatic heterocycles. The van der Waals surface area contributed by atoms with Gasteiger partial charge in [0.15, 0.2) is 0 Å². The molecule has 2 aliphatic heterocycles. The van der Waals surface area contributed by atoms with E-state index < -0.39 is 0 Å². The van der Waals surface area contributed by atoms with Crippen LogP contribution >= 0.6 is 0 Å². The second kappa shape index (κ2) is 6.17. The minimum absolute atomic E-state index is 0.627. The second-order valence-electron chi connectivity index (χ2n) is 6.16. The van der Waals surface area contributed by atoms with E-state index in [1.165, 1.54) is 65.0 Å². The molecule has 3 nitrogen and oxygen atoms in total. The van der Waals surface area contributed by atoms with Gasteiger partial charge in [-0.2, -0.15) is 0 Å². The molecule has 0 atom stereocenters. The molecule has 2 saturated heterocycles. The maximum Gasteiger partial charge on any atom is 0.00206 e. The zero-order valence-corrected chi connectivity index (χ0v) is 11.6. The molecule has 2 rings (SSSR count). The summed E-state index contributed by atoms with van der Waals surface area (Å²) in [4.78, 5) is 2.56. The Kier molecular flexibility index (Phi) is 4.83. The largest absolute Gasteiger partial charge is 0.317 e. The zero-order chi connectivity index (χ0) is 12.1. The molecule has 0 bridgehead atoms. The molecule has 0 aromatic carbocycles. The summed E-state index contributed by atoms with van der Waals surface area (Å²) in [5.74, 6) is 0.929. The molecule has 2 N–H and O–H groups in total. The highest BCUT2D eigenvalue weighted by Crippen LogP contribution is 2.30. The Morgan fingerprint density at radius 3 is 2.41 bits per heavy atom. The average molecular weight is 239 g/mol. The molecule has 100 valence electrons. The van der Waals surface area contributed by atoms with Gasteiger partial charge in [-0.1, -0.05) is 6.92 Å². The Hall–Kier alpha value is -0.120. The van der Waals surface area contributed by atoms with Crippen LogP contribution in [0.3, 0.4) is 0 Å². The van der Waals surface area contributed by atoms with Gasteiger partial charge >= 0.3 is 0 Å². The summed E-state index contributed by atoms with van der Waals surface area (Å²) in [5, 5.41) is 6.88. The summed E-state index contributed by atoms with van der Waals surface area (Å²) in [6, 6.07) is 0. The van der Waals surface area contributed by atoms with Crippen LogP contribution in [-0.2, 0) is 0 Å². The van der Waals surface area contributed by atoms with Crippen molar-refractivity contribution in [1.82, 2.24) is 15.5 Å². The molecule has 2 aliphatic rings. The molecule has 2 fully saturated rings. The van der Waals surface area contributed by atoms with Crippen molar-refractivity contribution in [3.63, 3.8) is 0 Å². The van der Waals surface area contributed by atoms with Crippen LogP contribution < -0.4 is 10.6 Å². The van der Waals surface area contributed by atoms with Crippen LogP contribution in [0, 0.1) is 11.3 Å². The summed E-state index contributed by atoms with van der Waals surface area (Å²) in [5.41, 5.74) is 0.627. The average Bonchev–Trinajstić information content (AvgIpc) is 2.29. The number of hydrogen-bond donors (Lipinski definition) is 2. The molecule has 0 amide bonds. The molecule has 3 heteroatoms. The Labute approximate surface area is 106 Å². The quantitative estimate of drug-likeness (QED) is 0.732. The Morgan fingerprint density at radius 2 is 1.88 bits per heavy atom. The lowest BCUT2D eigenvalue weighted by molar-refractivity contribution is 0.118. The fraction of sp³-hybridized carbons (Fsp3) is 1.00. The lowest BCUT2D eigenvalue weighted by Gasteiger charge is -2.43. The number of hydrogen-bond acceptors (Lipinski definition) is 3. The highest BCUT2D eigenvalue weighted by atomic mass is 15.1. The molecule has 0 saturated carbocycles. The molecular weight excluding hydrogens is 210 g/mol. The second-order valence-corrected chi connectivity index (χ2v) is 6.16. The minimum atomic E-state index is 0.627. The number of nitrogens with one attached hydrogen (secondary N) is 2. The first-order valence-corrected chi connectivity index (χ1v) is 7.34. The summed E-state index contributed by atoms with van der Waals surface area (Å²) in [6.45, 7) is 9.85. The summed E-state index contributed by atoms with van der Waals surface area (Å²) in [7, 11) is 2.30. The third-order valence-corrected chi connectivity index (χ3v) is 4.80. The van der Waals surface area contributed by atoms with Gasteiger partial charge in [0.25, 0.3) is 0 Å². The van der Waals surface area contributed by atoms with Gasteiger partial charge < -0.3 is 15.5 Å². The van der Waals surface area contributed by atoms with Gasteiger partial charge in [-0.05, 0) is 63.7 Å². The van der Waals surface area contributed by atoms with Crippen LogP contribution in [-0.4, -0.2) is 51.2 Å². The fourth-order valence-corrected chi connectivity index (χ4v) is 3.11. The zero-order valence-electron chi connectivity index (χ0n) is 11.6. The van der Waals surface area contributed by atoms with Crippen molar-refractivity contribution in [3.8, 4) is 0 Å². The van der Waals surface area contributed by atoms with E-state index in [0.717, 1.165) is 5.92 Å². The van der Waals surface area contributed by atoms with E-state index in [0.29, 0.717) is 5.41 Å². The molecule has 0 spiro atoms. The highest BCUT2D eigenvalue weighted by Gasteiger charge is 2.34. The first-order valence-electron chi connectivity index (χ1n) is 7.34. The Bertz CT molecular complexity index is 214. The Morgan fingerprint density at radius 1 is 1.18 bits per heavy atom. The van der Waals surface area contributed by atoms with Crippen molar-refractivity contribution in [1.29, 1.82) is 0 Å². The molecule has 0 unspecified atom stereocenters. The molecule has 0 radical (unpaired) electrons. The van der Waals surface area contributed by atoms with Crippen molar-refractivity contribution in [2.45, 2.75) is 32.6 Å². The van der Waals surface area contributed by atoms with Gasteiger partial charge in [0.05, 0.1) is 0 Å². The Balaban J connectivity index is 1.64. The van der Waals surface area contributed by atoms with E-state index in [1.807, 2.05) is 0 Å². The topological polar surface area (TPSA) is 27.3 Å². The van der Waals surface area contributed by atoms with E-state index in [4.69, 9.17) is 0 Å². The molecule has 17 heavy (non-hydrogen) atoms. The first kappa shape index (κ1) is 13.3. The number of nitrogens with zero attached hydrogens (tertiary/aromatic N) is 1. The van der Waals surface area contributed by atoms with Crippen LogP contribution in [0.15, 0.2) is 0 Å². The highest BCUT2D eigenvalue weighted by molar-refractivity contribution is 4.91. The minimum Gasteiger partial charge on any atom is -0.317 e. The number of rotatable bonds is 6. The summed E-state index contributed by atoms with van der Waals surface area (Å²) < 4.78 is 0. The predicted octanol–water partition coefficient (Wildman–Crippen LogP) is 1.31. The standard InChI is InChI=1S/C14H29N3/c1-3-14(11-16-12-14)6-9-17(2)10-13-4-7-15-8-5-13/h13,15-16H,3-12H2,1-2H3. The molecule has 2 heterocycles. The van der Waals surface area contributed by atoms with Gasteiger partial charge in [-0.15, -0.1) is 0 Å². The van der Waals surface area contributed by atoms with Crippen LogP contribution in [0.25, 0.3) is 0 Å². The van der Waals surface area contributed by atoms with Crippen LogP contribution in [0.4, 0.5) is 0 Å². The van der Waals surface area contributed by atoms with Crippen molar-refractivity contribution in [2.75, 3.05) is 46.3 Å².